The van der Waals surface area contributed by atoms with Gasteiger partial charge in [0.15, 0.2) is 0 Å². The zero-order valence-electron chi connectivity index (χ0n) is 15.1. The van der Waals surface area contributed by atoms with Gasteiger partial charge < -0.3 is 5.32 Å². The van der Waals surface area contributed by atoms with E-state index in [9.17, 15) is 14.9 Å². The third-order valence-electron chi connectivity index (χ3n) is 4.33. The largest absolute Gasteiger partial charge is 0.322 e. The number of hydrogen-bond donors (Lipinski definition) is 1. The smallest absolute Gasteiger partial charge is 0.269 e. The molecule has 1 aromatic heterocycles. The molecule has 0 saturated heterocycles. The Morgan fingerprint density at radius 2 is 1.62 bits per heavy atom. The first-order valence-corrected chi connectivity index (χ1v) is 8.74. The highest BCUT2D eigenvalue weighted by Crippen LogP contribution is 2.24. The Labute approximate surface area is 165 Å². The van der Waals surface area contributed by atoms with Gasteiger partial charge in [0.2, 0.25) is 0 Å². The van der Waals surface area contributed by atoms with E-state index in [2.05, 4.69) is 15.6 Å². The summed E-state index contributed by atoms with van der Waals surface area (Å²) in [6.45, 7) is 0. The molecule has 0 spiro atoms. The van der Waals surface area contributed by atoms with Gasteiger partial charge in [-0.15, -0.1) is 5.10 Å². The Kier molecular flexibility index (Phi) is 4.81. The molecule has 0 radical (unpaired) electrons. The van der Waals surface area contributed by atoms with Crippen LogP contribution in [0.3, 0.4) is 0 Å². The van der Waals surface area contributed by atoms with Crippen molar-refractivity contribution >= 4 is 17.3 Å². The summed E-state index contributed by atoms with van der Waals surface area (Å²) in [6, 6.07) is 22.3. The van der Waals surface area contributed by atoms with Gasteiger partial charge in [0.1, 0.15) is 0 Å². The molecule has 29 heavy (non-hydrogen) atoms. The lowest BCUT2D eigenvalue weighted by molar-refractivity contribution is -0.384. The monoisotopic (exact) mass is 385 g/mol. The summed E-state index contributed by atoms with van der Waals surface area (Å²) >= 11 is 0. The van der Waals surface area contributed by atoms with Crippen LogP contribution in [0.25, 0.3) is 16.9 Å². The number of benzene rings is 3. The molecule has 4 rings (SSSR count). The van der Waals surface area contributed by atoms with Crippen LogP contribution >= 0.6 is 0 Å². The van der Waals surface area contributed by atoms with Crippen molar-refractivity contribution in [1.82, 2.24) is 15.0 Å². The minimum atomic E-state index is -0.450. The topological polar surface area (TPSA) is 103 Å². The number of nitrogens with one attached hydrogen (secondary N) is 1. The molecule has 1 amide bonds. The molecule has 3 aromatic carbocycles. The van der Waals surface area contributed by atoms with E-state index in [0.717, 1.165) is 11.3 Å². The first kappa shape index (κ1) is 18.1. The molecule has 0 aliphatic carbocycles. The van der Waals surface area contributed by atoms with Gasteiger partial charge in [-0.25, -0.2) is 4.68 Å². The number of carbonyl (C=O) groups excluding carboxylic acids is 1. The van der Waals surface area contributed by atoms with Gasteiger partial charge >= 0.3 is 0 Å². The second-order valence-electron chi connectivity index (χ2n) is 6.20. The van der Waals surface area contributed by atoms with Crippen LogP contribution in [0.4, 0.5) is 11.4 Å². The second-order valence-corrected chi connectivity index (χ2v) is 6.20. The highest BCUT2D eigenvalue weighted by atomic mass is 16.6. The molecule has 142 valence electrons. The third kappa shape index (κ3) is 3.86. The summed E-state index contributed by atoms with van der Waals surface area (Å²) in [6.07, 6.45) is 1.61. The van der Waals surface area contributed by atoms with Crippen LogP contribution in [0.5, 0.6) is 0 Å². The third-order valence-corrected chi connectivity index (χ3v) is 4.33. The van der Waals surface area contributed by atoms with E-state index >= 15 is 0 Å². The fourth-order valence-corrected chi connectivity index (χ4v) is 2.86. The minimum Gasteiger partial charge on any atom is -0.322 e. The Bertz CT molecular complexity index is 1150. The van der Waals surface area contributed by atoms with E-state index in [1.807, 2.05) is 30.3 Å². The van der Waals surface area contributed by atoms with Crippen molar-refractivity contribution in [3.8, 4) is 16.9 Å². The first-order valence-electron chi connectivity index (χ1n) is 8.74. The van der Waals surface area contributed by atoms with Crippen LogP contribution in [-0.4, -0.2) is 25.8 Å². The number of anilines is 1. The maximum Gasteiger partial charge on any atom is 0.269 e. The molecule has 1 heterocycles. The lowest BCUT2D eigenvalue weighted by Crippen LogP contribution is -2.11. The maximum absolute atomic E-state index is 12.3. The van der Waals surface area contributed by atoms with Gasteiger partial charge in [0.25, 0.3) is 11.6 Å². The van der Waals surface area contributed by atoms with E-state index in [-0.39, 0.29) is 11.6 Å². The molecular formula is C21H15N5O3. The fraction of sp³-hybridized carbons (Fsp3) is 0. The molecule has 0 atom stereocenters. The van der Waals surface area contributed by atoms with Crippen LogP contribution in [0.15, 0.2) is 85.1 Å². The highest BCUT2D eigenvalue weighted by molar-refractivity contribution is 6.04. The molecule has 8 nitrogen and oxygen atoms in total. The lowest BCUT2D eigenvalue weighted by Gasteiger charge is -2.08. The second kappa shape index (κ2) is 7.73. The van der Waals surface area contributed by atoms with E-state index in [1.165, 1.54) is 12.1 Å². The molecule has 1 N–H and O–H groups in total. The molecule has 4 aromatic rings. The zero-order chi connectivity index (χ0) is 20.2. The summed E-state index contributed by atoms with van der Waals surface area (Å²) < 4.78 is 1.60. The van der Waals surface area contributed by atoms with Crippen molar-refractivity contribution in [2.75, 3.05) is 5.32 Å². The number of rotatable bonds is 5. The summed E-state index contributed by atoms with van der Waals surface area (Å²) in [5.41, 5.74) is 3.47. The van der Waals surface area contributed by atoms with Gasteiger partial charge in [-0.3, -0.25) is 14.9 Å². The molecule has 0 bridgehead atoms. The molecular weight excluding hydrogens is 370 g/mol. The molecule has 0 aliphatic heterocycles. The maximum atomic E-state index is 12.3. The lowest BCUT2D eigenvalue weighted by atomic mass is 10.1. The SMILES string of the molecule is O=C(Nc1ccc(-c2cnnn2-c2ccc([N+](=O)[O-])cc2)cc1)c1ccccc1. The predicted octanol–water partition coefficient (Wildman–Crippen LogP) is 4.09. The van der Waals surface area contributed by atoms with Crippen LogP contribution in [-0.2, 0) is 0 Å². The highest BCUT2D eigenvalue weighted by Gasteiger charge is 2.12. The van der Waals surface area contributed by atoms with Gasteiger partial charge in [-0.05, 0) is 36.4 Å². The van der Waals surface area contributed by atoms with Crippen molar-refractivity contribution in [3.63, 3.8) is 0 Å². The Hall–Kier alpha value is -4.33. The van der Waals surface area contributed by atoms with Crippen molar-refractivity contribution in [2.24, 2.45) is 0 Å². The predicted molar refractivity (Wildman–Crippen MR) is 108 cm³/mol. The van der Waals surface area contributed by atoms with E-state index in [1.54, 1.807) is 47.3 Å². The van der Waals surface area contributed by atoms with E-state index in [4.69, 9.17) is 0 Å². The molecule has 0 unspecified atom stereocenters. The number of nitro benzene ring substituents is 1. The van der Waals surface area contributed by atoms with Crippen molar-refractivity contribution in [3.05, 3.63) is 101 Å². The quantitative estimate of drug-likeness (QED) is 0.412. The minimum absolute atomic E-state index is 0.00826. The number of nitro groups is 1. The van der Waals surface area contributed by atoms with Crippen molar-refractivity contribution in [1.29, 1.82) is 0 Å². The molecule has 8 heteroatoms. The zero-order valence-corrected chi connectivity index (χ0v) is 15.1. The summed E-state index contributed by atoms with van der Waals surface area (Å²) in [4.78, 5) is 22.6. The Morgan fingerprint density at radius 3 is 2.28 bits per heavy atom. The van der Waals surface area contributed by atoms with Gasteiger partial charge in [-0.2, -0.15) is 0 Å². The average molecular weight is 385 g/mol. The summed E-state index contributed by atoms with van der Waals surface area (Å²) in [7, 11) is 0. The molecule has 0 aliphatic rings. The molecule has 0 fully saturated rings. The fourth-order valence-electron chi connectivity index (χ4n) is 2.86. The van der Waals surface area contributed by atoms with Crippen molar-refractivity contribution in [2.45, 2.75) is 0 Å². The number of carbonyl (C=O) groups is 1. The van der Waals surface area contributed by atoms with Crippen molar-refractivity contribution < 1.29 is 9.72 Å². The van der Waals surface area contributed by atoms with Crippen LogP contribution < -0.4 is 5.32 Å². The van der Waals surface area contributed by atoms with Gasteiger partial charge in [0, 0.05) is 28.9 Å². The Morgan fingerprint density at radius 1 is 0.931 bits per heavy atom. The number of non-ortho nitro benzene ring substituents is 1. The first-order chi connectivity index (χ1) is 14.1. The van der Waals surface area contributed by atoms with Crippen LogP contribution in [0.1, 0.15) is 10.4 Å². The Balaban J connectivity index is 1.55. The average Bonchev–Trinajstić information content (AvgIpc) is 3.25. The standard InChI is InChI=1S/C21H15N5O3/c27-21(16-4-2-1-3-5-16)23-17-8-6-15(7-9-17)20-14-22-24-25(20)18-10-12-19(13-11-18)26(28)29/h1-14H,(H,23,27). The van der Waals surface area contributed by atoms with Crippen LogP contribution in [0, 0.1) is 10.1 Å². The van der Waals surface area contributed by atoms with Crippen LogP contribution in [0.2, 0.25) is 0 Å². The summed E-state index contributed by atoms with van der Waals surface area (Å²) in [5.74, 6) is -0.184. The summed E-state index contributed by atoms with van der Waals surface area (Å²) in [5, 5.41) is 21.7. The van der Waals surface area contributed by atoms with Gasteiger partial charge in [0.05, 0.1) is 22.5 Å². The number of nitrogens with zero attached hydrogens (tertiary/aromatic N) is 4. The normalized spacial score (nSPS) is 10.5. The van der Waals surface area contributed by atoms with E-state index < -0.39 is 4.92 Å². The number of hydrogen-bond acceptors (Lipinski definition) is 5. The van der Waals surface area contributed by atoms with Gasteiger partial charge in [-0.1, -0.05) is 35.5 Å². The van der Waals surface area contributed by atoms with E-state index in [0.29, 0.717) is 16.9 Å². The molecule has 0 saturated carbocycles. The number of amides is 1. The number of aromatic nitrogens is 3.